The number of carbonyl (C=O) groups excluding carboxylic acids is 1. The average Bonchev–Trinajstić information content (AvgIpc) is 3.00. The number of benzene rings is 4. The fraction of sp³-hybridized carbons (Fsp3) is 0.359. The summed E-state index contributed by atoms with van der Waals surface area (Å²) in [4.78, 5) is 16.1. The fourth-order valence-corrected chi connectivity index (χ4v) is 5.55. The first-order valence-electron chi connectivity index (χ1n) is 15.5. The van der Waals surface area contributed by atoms with E-state index in [2.05, 4.69) is 130 Å². The molecule has 0 spiro atoms. The van der Waals surface area contributed by atoms with Gasteiger partial charge in [-0.2, -0.15) is 0 Å². The zero-order valence-electron chi connectivity index (χ0n) is 25.4. The van der Waals surface area contributed by atoms with Crippen LogP contribution in [0.15, 0.2) is 109 Å². The van der Waals surface area contributed by atoms with Crippen LogP contribution < -0.4 is 0 Å². The van der Waals surface area contributed by atoms with Gasteiger partial charge in [0.1, 0.15) is 0 Å². The Labute approximate surface area is 248 Å². The van der Waals surface area contributed by atoms with Crippen LogP contribution in [0.25, 0.3) is 22.3 Å². The van der Waals surface area contributed by atoms with Crippen molar-refractivity contribution in [2.45, 2.75) is 65.7 Å². The summed E-state index contributed by atoms with van der Waals surface area (Å²) in [5.74, 6) is 1.58. The number of nitrogens with zero attached hydrogens (tertiary/aromatic N) is 1. The van der Waals surface area contributed by atoms with E-state index in [9.17, 15) is 4.79 Å². The summed E-state index contributed by atoms with van der Waals surface area (Å²) in [5, 5.41) is 0. The van der Waals surface area contributed by atoms with Crippen molar-refractivity contribution in [3.05, 3.63) is 120 Å². The third-order valence-electron chi connectivity index (χ3n) is 7.99. The molecule has 0 aromatic heterocycles. The Morgan fingerprint density at radius 2 is 0.902 bits per heavy atom. The van der Waals surface area contributed by atoms with Crippen LogP contribution >= 0.6 is 0 Å². The molecule has 4 aromatic rings. The molecule has 0 saturated heterocycles. The first kappa shape index (κ1) is 30.3. The van der Waals surface area contributed by atoms with Gasteiger partial charge in [0.2, 0.25) is 5.91 Å². The maximum Gasteiger partial charge on any atom is 0.223 e. The van der Waals surface area contributed by atoms with Gasteiger partial charge in [0, 0.05) is 25.4 Å². The van der Waals surface area contributed by atoms with Crippen molar-refractivity contribution in [1.82, 2.24) is 4.90 Å². The van der Waals surface area contributed by atoms with E-state index < -0.39 is 0 Å². The predicted molar refractivity (Wildman–Crippen MR) is 175 cm³/mol. The number of carbonyl (C=O) groups is 1. The van der Waals surface area contributed by atoms with Crippen LogP contribution in [0, 0.1) is 11.8 Å². The predicted octanol–water partition coefficient (Wildman–Crippen LogP) is 10.2. The minimum absolute atomic E-state index is 0.00912. The Hall–Kier alpha value is -3.65. The molecule has 0 fully saturated rings. The van der Waals surface area contributed by atoms with Crippen LogP contribution in [0.4, 0.5) is 0 Å². The average molecular weight is 546 g/mol. The standard InChI is InChI=1S/C39H47NO/c1-30(2)13-11-27-40(28-12-14-31(3)4)39(41)29-38(36-23-19-34(20-24-36)32-15-7-5-8-16-32)37-25-21-35(22-26-37)33-17-9-6-10-18-33/h5-10,15-26,30-31,38H,11-14,27-29H2,1-4H3. The summed E-state index contributed by atoms with van der Waals surface area (Å²) < 4.78 is 0. The molecular formula is C39H47NO. The van der Waals surface area contributed by atoms with Gasteiger partial charge in [-0.15, -0.1) is 0 Å². The molecule has 0 atom stereocenters. The van der Waals surface area contributed by atoms with Crippen molar-refractivity contribution in [3.8, 4) is 22.3 Å². The number of hydrogen-bond donors (Lipinski definition) is 0. The zero-order chi connectivity index (χ0) is 29.0. The molecule has 2 heteroatoms. The lowest BCUT2D eigenvalue weighted by molar-refractivity contribution is -0.131. The molecule has 41 heavy (non-hydrogen) atoms. The number of hydrogen-bond acceptors (Lipinski definition) is 1. The zero-order valence-corrected chi connectivity index (χ0v) is 25.4. The van der Waals surface area contributed by atoms with E-state index in [4.69, 9.17) is 0 Å². The number of amides is 1. The molecule has 0 radical (unpaired) electrons. The minimum atomic E-state index is 0.00912. The highest BCUT2D eigenvalue weighted by atomic mass is 16.2. The number of rotatable bonds is 14. The van der Waals surface area contributed by atoms with Gasteiger partial charge in [0.05, 0.1) is 0 Å². The minimum Gasteiger partial charge on any atom is -0.343 e. The molecule has 0 unspecified atom stereocenters. The summed E-state index contributed by atoms with van der Waals surface area (Å²) in [5.41, 5.74) is 7.19. The lowest BCUT2D eigenvalue weighted by Gasteiger charge is -2.27. The van der Waals surface area contributed by atoms with E-state index in [1.807, 2.05) is 12.1 Å². The fourth-order valence-electron chi connectivity index (χ4n) is 5.55. The van der Waals surface area contributed by atoms with Crippen LogP contribution in [-0.4, -0.2) is 23.9 Å². The topological polar surface area (TPSA) is 20.3 Å². The first-order chi connectivity index (χ1) is 19.9. The van der Waals surface area contributed by atoms with Crippen LogP contribution in [0.3, 0.4) is 0 Å². The second-order valence-electron chi connectivity index (χ2n) is 12.2. The van der Waals surface area contributed by atoms with Crippen molar-refractivity contribution >= 4 is 5.91 Å². The van der Waals surface area contributed by atoms with Crippen molar-refractivity contribution < 1.29 is 4.79 Å². The summed E-state index contributed by atoms with van der Waals surface area (Å²) >= 11 is 0. The molecule has 4 aromatic carbocycles. The van der Waals surface area contributed by atoms with Gasteiger partial charge in [-0.05, 0) is 70.9 Å². The second-order valence-corrected chi connectivity index (χ2v) is 12.2. The second kappa shape index (κ2) is 15.4. The summed E-state index contributed by atoms with van der Waals surface area (Å²) in [6, 6.07) is 38.6. The summed E-state index contributed by atoms with van der Waals surface area (Å²) in [6.45, 7) is 10.8. The van der Waals surface area contributed by atoms with Crippen molar-refractivity contribution in [1.29, 1.82) is 0 Å². The molecule has 1 amide bonds. The maximum absolute atomic E-state index is 14.0. The van der Waals surface area contributed by atoms with Gasteiger partial charge in [0.25, 0.3) is 0 Å². The molecule has 0 saturated carbocycles. The smallest absolute Gasteiger partial charge is 0.223 e. The summed E-state index contributed by atoms with van der Waals surface area (Å²) in [7, 11) is 0. The SMILES string of the molecule is CC(C)CCCN(CCCC(C)C)C(=O)CC(c1ccc(-c2ccccc2)cc1)c1ccc(-c2ccccc2)cc1. The Bertz CT molecular complexity index is 1210. The van der Waals surface area contributed by atoms with E-state index >= 15 is 0 Å². The molecule has 0 aliphatic heterocycles. The van der Waals surface area contributed by atoms with Crippen molar-refractivity contribution in [2.75, 3.05) is 13.1 Å². The highest BCUT2D eigenvalue weighted by molar-refractivity contribution is 5.78. The van der Waals surface area contributed by atoms with Gasteiger partial charge < -0.3 is 4.90 Å². The largest absolute Gasteiger partial charge is 0.343 e. The first-order valence-corrected chi connectivity index (χ1v) is 15.5. The van der Waals surface area contributed by atoms with Crippen LogP contribution in [0.1, 0.15) is 76.8 Å². The van der Waals surface area contributed by atoms with Crippen LogP contribution in [-0.2, 0) is 4.79 Å². The molecule has 0 aliphatic carbocycles. The van der Waals surface area contributed by atoms with E-state index in [-0.39, 0.29) is 11.8 Å². The Balaban J connectivity index is 1.60. The van der Waals surface area contributed by atoms with E-state index in [0.29, 0.717) is 18.3 Å². The lowest BCUT2D eigenvalue weighted by atomic mass is 9.86. The molecule has 0 bridgehead atoms. The van der Waals surface area contributed by atoms with E-state index in [0.717, 1.165) is 38.8 Å². The van der Waals surface area contributed by atoms with E-state index in [1.54, 1.807) is 0 Å². The molecule has 214 valence electrons. The quantitative estimate of drug-likeness (QED) is 0.154. The van der Waals surface area contributed by atoms with Crippen molar-refractivity contribution in [2.24, 2.45) is 11.8 Å². The monoisotopic (exact) mass is 545 g/mol. The Kier molecular flexibility index (Phi) is 11.4. The van der Waals surface area contributed by atoms with Crippen molar-refractivity contribution in [3.63, 3.8) is 0 Å². The summed E-state index contributed by atoms with van der Waals surface area (Å²) in [6.07, 6.45) is 4.91. The molecule has 4 rings (SSSR count). The third-order valence-corrected chi connectivity index (χ3v) is 7.99. The molecular weight excluding hydrogens is 498 g/mol. The Morgan fingerprint density at radius 3 is 1.27 bits per heavy atom. The highest BCUT2D eigenvalue weighted by Crippen LogP contribution is 2.32. The van der Waals surface area contributed by atoms with Gasteiger partial charge in [-0.3, -0.25) is 4.79 Å². The third kappa shape index (κ3) is 9.18. The van der Waals surface area contributed by atoms with Gasteiger partial charge in [-0.1, -0.05) is 137 Å². The van der Waals surface area contributed by atoms with Gasteiger partial charge >= 0.3 is 0 Å². The Morgan fingerprint density at radius 1 is 0.537 bits per heavy atom. The molecule has 0 aliphatic rings. The highest BCUT2D eigenvalue weighted by Gasteiger charge is 2.23. The van der Waals surface area contributed by atoms with Crippen LogP contribution in [0.5, 0.6) is 0 Å². The molecule has 0 N–H and O–H groups in total. The van der Waals surface area contributed by atoms with Gasteiger partial charge in [0.15, 0.2) is 0 Å². The van der Waals surface area contributed by atoms with E-state index in [1.165, 1.54) is 33.4 Å². The normalized spacial score (nSPS) is 11.4. The van der Waals surface area contributed by atoms with Crippen LogP contribution in [0.2, 0.25) is 0 Å². The molecule has 2 nitrogen and oxygen atoms in total. The lowest BCUT2D eigenvalue weighted by Crippen LogP contribution is -2.34. The molecule has 0 heterocycles. The maximum atomic E-state index is 14.0. The van der Waals surface area contributed by atoms with Gasteiger partial charge in [-0.25, -0.2) is 0 Å².